The Morgan fingerprint density at radius 3 is 2.55 bits per heavy atom. The minimum Gasteiger partial charge on any atom is -0.387 e. The van der Waals surface area contributed by atoms with Crippen LogP contribution in [0.5, 0.6) is 0 Å². The van der Waals surface area contributed by atoms with Crippen LogP contribution < -0.4 is 5.32 Å². The second-order valence-corrected chi connectivity index (χ2v) is 4.38. The predicted molar refractivity (Wildman–Crippen MR) is 72.1 cm³/mol. The number of aliphatic hydroxyl groups excluding tert-OH is 1. The number of benzene rings is 1. The van der Waals surface area contributed by atoms with Crippen LogP contribution in [0.1, 0.15) is 25.5 Å². The average molecular weight is 286 g/mol. The summed E-state index contributed by atoms with van der Waals surface area (Å²) >= 11 is 0. The zero-order valence-corrected chi connectivity index (χ0v) is 11.7. The number of likely N-dealkylation sites (N-methyl/N-ethyl adjacent to an activating group) is 1. The van der Waals surface area contributed by atoms with E-state index in [-0.39, 0.29) is 24.6 Å². The number of hydrogen-bond acceptors (Lipinski definition) is 3. The lowest BCUT2D eigenvalue weighted by Crippen LogP contribution is -2.39. The summed E-state index contributed by atoms with van der Waals surface area (Å²) < 4.78 is 26.2. The van der Waals surface area contributed by atoms with Crippen LogP contribution in [-0.2, 0) is 4.79 Å². The summed E-state index contributed by atoms with van der Waals surface area (Å²) in [5.74, 6) is -1.57. The van der Waals surface area contributed by atoms with Gasteiger partial charge in [0.1, 0.15) is 11.6 Å². The molecule has 0 heterocycles. The number of hydrogen-bond donors (Lipinski definition) is 2. The monoisotopic (exact) mass is 286 g/mol. The Hall–Kier alpha value is -1.53. The largest absolute Gasteiger partial charge is 0.387 e. The van der Waals surface area contributed by atoms with Crippen molar-refractivity contribution in [3.05, 3.63) is 35.4 Å². The van der Waals surface area contributed by atoms with Crippen molar-refractivity contribution in [2.75, 3.05) is 26.2 Å². The van der Waals surface area contributed by atoms with Crippen LogP contribution in [0.4, 0.5) is 8.78 Å². The van der Waals surface area contributed by atoms with E-state index in [0.29, 0.717) is 13.1 Å². The number of halogens is 2. The fourth-order valence-electron chi connectivity index (χ4n) is 1.89. The van der Waals surface area contributed by atoms with Gasteiger partial charge in [0.05, 0.1) is 12.6 Å². The van der Waals surface area contributed by atoms with E-state index in [1.165, 1.54) is 6.07 Å². The van der Waals surface area contributed by atoms with Gasteiger partial charge in [-0.2, -0.15) is 0 Å². The van der Waals surface area contributed by atoms with Crippen LogP contribution in [0.15, 0.2) is 18.2 Å². The molecule has 1 atom stereocenters. The number of nitrogens with one attached hydrogen (secondary N) is 1. The second kappa shape index (κ2) is 7.91. The van der Waals surface area contributed by atoms with E-state index < -0.39 is 17.7 Å². The zero-order chi connectivity index (χ0) is 15.1. The summed E-state index contributed by atoms with van der Waals surface area (Å²) in [4.78, 5) is 13.3. The molecule has 112 valence electrons. The molecule has 0 aliphatic heterocycles. The van der Waals surface area contributed by atoms with E-state index in [0.717, 1.165) is 12.1 Å². The van der Waals surface area contributed by atoms with Crippen LogP contribution >= 0.6 is 0 Å². The van der Waals surface area contributed by atoms with E-state index >= 15 is 0 Å². The molecule has 6 heteroatoms. The summed E-state index contributed by atoms with van der Waals surface area (Å²) in [5, 5.41) is 12.6. The van der Waals surface area contributed by atoms with Crippen molar-refractivity contribution in [1.82, 2.24) is 10.2 Å². The number of carbonyl (C=O) groups is 1. The first kappa shape index (κ1) is 16.5. The van der Waals surface area contributed by atoms with Crippen molar-refractivity contribution in [3.63, 3.8) is 0 Å². The van der Waals surface area contributed by atoms with Crippen molar-refractivity contribution >= 4 is 5.91 Å². The minimum absolute atomic E-state index is 0.00851. The molecule has 0 aliphatic rings. The van der Waals surface area contributed by atoms with Crippen LogP contribution in [0.2, 0.25) is 0 Å². The quantitative estimate of drug-likeness (QED) is 0.798. The molecule has 4 nitrogen and oxygen atoms in total. The van der Waals surface area contributed by atoms with Gasteiger partial charge in [-0.05, 0) is 19.9 Å². The van der Waals surface area contributed by atoms with Crippen molar-refractivity contribution < 1.29 is 18.7 Å². The summed E-state index contributed by atoms with van der Waals surface area (Å²) in [6.45, 7) is 5.09. The van der Waals surface area contributed by atoms with E-state index in [9.17, 15) is 18.7 Å². The Bertz CT molecular complexity index is 451. The molecular formula is C14H20F2N2O2. The highest BCUT2D eigenvalue weighted by Crippen LogP contribution is 2.17. The van der Waals surface area contributed by atoms with Crippen molar-refractivity contribution in [1.29, 1.82) is 0 Å². The van der Waals surface area contributed by atoms with E-state index in [4.69, 9.17) is 0 Å². The highest BCUT2D eigenvalue weighted by Gasteiger charge is 2.14. The molecule has 1 amide bonds. The van der Waals surface area contributed by atoms with Crippen LogP contribution in [0.3, 0.4) is 0 Å². The number of aliphatic hydroxyl groups is 1. The number of carbonyl (C=O) groups excluding carboxylic acids is 1. The van der Waals surface area contributed by atoms with E-state index in [2.05, 4.69) is 5.32 Å². The van der Waals surface area contributed by atoms with Crippen molar-refractivity contribution in [3.8, 4) is 0 Å². The topological polar surface area (TPSA) is 52.6 Å². The van der Waals surface area contributed by atoms with Crippen LogP contribution in [0, 0.1) is 11.6 Å². The zero-order valence-electron chi connectivity index (χ0n) is 11.7. The maximum Gasteiger partial charge on any atom is 0.236 e. The molecule has 0 radical (unpaired) electrons. The highest BCUT2D eigenvalue weighted by molar-refractivity contribution is 5.78. The van der Waals surface area contributed by atoms with Gasteiger partial charge in [-0.3, -0.25) is 4.79 Å². The van der Waals surface area contributed by atoms with Gasteiger partial charge in [-0.1, -0.05) is 6.07 Å². The van der Waals surface area contributed by atoms with Gasteiger partial charge >= 0.3 is 0 Å². The summed E-state index contributed by atoms with van der Waals surface area (Å²) in [5.41, 5.74) is 0.00851. The summed E-state index contributed by atoms with van der Waals surface area (Å²) in [7, 11) is 0. The normalized spacial score (nSPS) is 12.2. The molecule has 1 aromatic carbocycles. The number of nitrogens with zero attached hydrogens (tertiary/aromatic N) is 1. The van der Waals surface area contributed by atoms with Crippen molar-refractivity contribution in [2.45, 2.75) is 20.0 Å². The minimum atomic E-state index is -1.12. The third-order valence-corrected chi connectivity index (χ3v) is 3.05. The first-order valence-electron chi connectivity index (χ1n) is 6.61. The first-order chi connectivity index (χ1) is 9.49. The molecule has 1 aromatic rings. The summed E-state index contributed by atoms with van der Waals surface area (Å²) in [6.07, 6.45) is -1.12. The molecule has 0 saturated carbocycles. The molecule has 0 aliphatic carbocycles. The molecule has 0 fully saturated rings. The lowest BCUT2D eigenvalue weighted by atomic mass is 10.1. The van der Waals surface area contributed by atoms with Gasteiger partial charge in [-0.25, -0.2) is 8.78 Å². The maximum atomic E-state index is 13.4. The Labute approximate surface area is 117 Å². The van der Waals surface area contributed by atoms with Gasteiger partial charge in [0.15, 0.2) is 0 Å². The second-order valence-electron chi connectivity index (χ2n) is 4.38. The molecule has 0 aromatic heterocycles. The first-order valence-corrected chi connectivity index (χ1v) is 6.61. The summed E-state index contributed by atoms with van der Waals surface area (Å²) in [6, 6.07) is 3.01. The Morgan fingerprint density at radius 2 is 2.00 bits per heavy atom. The van der Waals surface area contributed by atoms with Gasteiger partial charge < -0.3 is 15.3 Å². The fourth-order valence-corrected chi connectivity index (χ4v) is 1.89. The molecule has 0 saturated heterocycles. The molecule has 20 heavy (non-hydrogen) atoms. The number of amides is 1. The van der Waals surface area contributed by atoms with Gasteiger partial charge in [0.2, 0.25) is 5.91 Å². The average Bonchev–Trinajstić information content (AvgIpc) is 2.39. The standard InChI is InChI=1S/C14H20F2N2O2/c1-3-18(4-2)14(20)9-17-8-13(19)11-6-5-10(15)7-12(11)16/h5-7,13,17,19H,3-4,8-9H2,1-2H3. The SMILES string of the molecule is CCN(CC)C(=O)CNCC(O)c1ccc(F)cc1F. The highest BCUT2D eigenvalue weighted by atomic mass is 19.1. The van der Waals surface area contributed by atoms with E-state index in [1.54, 1.807) is 4.90 Å². The van der Waals surface area contributed by atoms with Crippen LogP contribution in [-0.4, -0.2) is 42.1 Å². The molecular weight excluding hydrogens is 266 g/mol. The lowest BCUT2D eigenvalue weighted by Gasteiger charge is -2.19. The Kier molecular flexibility index (Phi) is 6.54. The third kappa shape index (κ3) is 4.54. The predicted octanol–water partition coefficient (Wildman–Crippen LogP) is 1.46. The maximum absolute atomic E-state index is 13.4. The van der Waals surface area contributed by atoms with Gasteiger partial charge in [0.25, 0.3) is 0 Å². The Balaban J connectivity index is 2.47. The fraction of sp³-hybridized carbons (Fsp3) is 0.500. The van der Waals surface area contributed by atoms with Crippen LogP contribution in [0.25, 0.3) is 0 Å². The smallest absolute Gasteiger partial charge is 0.236 e. The molecule has 0 bridgehead atoms. The van der Waals surface area contributed by atoms with Crippen molar-refractivity contribution in [2.24, 2.45) is 0 Å². The van der Waals surface area contributed by atoms with Gasteiger partial charge in [0, 0.05) is 31.3 Å². The lowest BCUT2D eigenvalue weighted by molar-refractivity contribution is -0.129. The number of rotatable bonds is 7. The molecule has 0 spiro atoms. The third-order valence-electron chi connectivity index (χ3n) is 3.05. The Morgan fingerprint density at radius 1 is 1.35 bits per heavy atom. The van der Waals surface area contributed by atoms with E-state index in [1.807, 2.05) is 13.8 Å². The molecule has 1 unspecified atom stereocenters. The molecule has 2 N–H and O–H groups in total. The molecule has 1 rings (SSSR count). The van der Waals surface area contributed by atoms with Gasteiger partial charge in [-0.15, -0.1) is 0 Å².